The summed E-state index contributed by atoms with van der Waals surface area (Å²) in [5.74, 6) is -0.494. The molecular weight excluding hydrogens is 444 g/mol. The first-order valence-corrected chi connectivity index (χ1v) is 10.4. The SMILES string of the molecule is O=C(COc1ccc(Cl)c2cccnc12)N1CCN(C(=O)c2ccc(F)cc2Cl)CC1. The van der Waals surface area contributed by atoms with Crippen molar-refractivity contribution in [1.29, 1.82) is 0 Å². The second-order valence-corrected chi connectivity index (χ2v) is 7.85. The summed E-state index contributed by atoms with van der Waals surface area (Å²) in [6.07, 6.45) is 1.64. The van der Waals surface area contributed by atoms with E-state index in [1.54, 1.807) is 34.2 Å². The Bertz CT molecular complexity index is 1150. The Kier molecular flexibility index (Phi) is 6.25. The number of aromatic nitrogens is 1. The third-order valence-corrected chi connectivity index (χ3v) is 5.75. The fourth-order valence-electron chi connectivity index (χ4n) is 3.45. The van der Waals surface area contributed by atoms with Gasteiger partial charge >= 0.3 is 0 Å². The van der Waals surface area contributed by atoms with Gasteiger partial charge in [-0.2, -0.15) is 0 Å². The molecular formula is C22H18Cl2FN3O3. The van der Waals surface area contributed by atoms with Crippen molar-refractivity contribution in [2.45, 2.75) is 0 Å². The summed E-state index contributed by atoms with van der Waals surface area (Å²) in [6, 6.07) is 10.7. The molecule has 1 aliphatic heterocycles. The maximum absolute atomic E-state index is 13.2. The number of ether oxygens (including phenoxy) is 1. The highest BCUT2D eigenvalue weighted by Crippen LogP contribution is 2.29. The quantitative estimate of drug-likeness (QED) is 0.587. The van der Waals surface area contributed by atoms with Gasteiger partial charge in [-0.1, -0.05) is 23.2 Å². The van der Waals surface area contributed by atoms with Gasteiger partial charge in [0.05, 0.1) is 15.6 Å². The molecule has 0 atom stereocenters. The van der Waals surface area contributed by atoms with Crippen molar-refractivity contribution in [3.8, 4) is 5.75 Å². The third-order valence-electron chi connectivity index (χ3n) is 5.11. The Morgan fingerprint density at radius 3 is 2.48 bits per heavy atom. The number of rotatable bonds is 4. The number of carbonyl (C=O) groups excluding carboxylic acids is 2. The van der Waals surface area contributed by atoms with Crippen molar-refractivity contribution in [3.05, 3.63) is 70.1 Å². The van der Waals surface area contributed by atoms with E-state index in [2.05, 4.69) is 4.98 Å². The van der Waals surface area contributed by atoms with Crippen LogP contribution in [0.1, 0.15) is 10.4 Å². The van der Waals surface area contributed by atoms with Gasteiger partial charge in [0.1, 0.15) is 17.1 Å². The maximum atomic E-state index is 13.2. The minimum atomic E-state index is -0.499. The van der Waals surface area contributed by atoms with Gasteiger partial charge in [0, 0.05) is 37.8 Å². The van der Waals surface area contributed by atoms with Crippen LogP contribution in [0, 0.1) is 5.82 Å². The summed E-state index contributed by atoms with van der Waals surface area (Å²) in [6.45, 7) is 1.29. The van der Waals surface area contributed by atoms with Gasteiger partial charge in [0.2, 0.25) is 0 Å². The molecule has 1 aromatic heterocycles. The number of fused-ring (bicyclic) bond motifs is 1. The van der Waals surface area contributed by atoms with Crippen LogP contribution >= 0.6 is 23.2 Å². The maximum Gasteiger partial charge on any atom is 0.260 e. The zero-order valence-corrected chi connectivity index (χ0v) is 17.9. The number of nitrogens with zero attached hydrogens (tertiary/aromatic N) is 3. The fraction of sp³-hybridized carbons (Fsp3) is 0.227. The number of hydrogen-bond donors (Lipinski definition) is 0. The van der Waals surface area contributed by atoms with Crippen LogP contribution in [0.25, 0.3) is 10.9 Å². The van der Waals surface area contributed by atoms with E-state index in [0.717, 1.165) is 11.5 Å². The number of piperazine rings is 1. The molecule has 0 saturated carbocycles. The van der Waals surface area contributed by atoms with Crippen LogP contribution < -0.4 is 4.74 Å². The minimum absolute atomic E-state index is 0.0701. The molecule has 2 aromatic carbocycles. The first kappa shape index (κ1) is 21.3. The highest BCUT2D eigenvalue weighted by atomic mass is 35.5. The summed E-state index contributed by atoms with van der Waals surface area (Å²) in [4.78, 5) is 32.8. The van der Waals surface area contributed by atoms with Crippen molar-refractivity contribution >= 4 is 45.9 Å². The molecule has 9 heteroatoms. The van der Waals surface area contributed by atoms with E-state index in [4.69, 9.17) is 27.9 Å². The van der Waals surface area contributed by atoms with E-state index >= 15 is 0 Å². The van der Waals surface area contributed by atoms with Crippen LogP contribution in [0.4, 0.5) is 4.39 Å². The lowest BCUT2D eigenvalue weighted by atomic mass is 10.1. The molecule has 31 heavy (non-hydrogen) atoms. The number of carbonyl (C=O) groups is 2. The van der Waals surface area contributed by atoms with Gasteiger partial charge in [0.15, 0.2) is 6.61 Å². The lowest BCUT2D eigenvalue weighted by Gasteiger charge is -2.34. The number of hydrogen-bond acceptors (Lipinski definition) is 4. The third kappa shape index (κ3) is 4.57. The molecule has 0 N–H and O–H groups in total. The van der Waals surface area contributed by atoms with Crippen LogP contribution in [0.15, 0.2) is 48.7 Å². The van der Waals surface area contributed by atoms with E-state index in [-0.39, 0.29) is 29.0 Å². The average Bonchev–Trinajstić information content (AvgIpc) is 2.78. The summed E-state index contributed by atoms with van der Waals surface area (Å²) in [5, 5.41) is 1.38. The standard InChI is InChI=1S/C22H18Cl2FN3O3/c23-17-5-6-19(21-15(17)2-1-7-26-21)31-13-20(29)27-8-10-28(11-9-27)22(30)16-4-3-14(25)12-18(16)24/h1-7,12H,8-11,13H2. The van der Waals surface area contributed by atoms with Crippen LogP contribution in [0.3, 0.4) is 0 Å². The van der Waals surface area contributed by atoms with E-state index in [1.165, 1.54) is 12.1 Å². The molecule has 2 heterocycles. The van der Waals surface area contributed by atoms with Gasteiger partial charge in [-0.05, 0) is 42.5 Å². The van der Waals surface area contributed by atoms with Crippen molar-refractivity contribution in [2.24, 2.45) is 0 Å². The summed E-state index contributed by atoms with van der Waals surface area (Å²) in [7, 11) is 0. The van der Waals surface area contributed by atoms with Gasteiger partial charge in [-0.15, -0.1) is 0 Å². The number of halogens is 3. The Hall–Kier alpha value is -2.90. The fourth-order valence-corrected chi connectivity index (χ4v) is 3.91. The van der Waals surface area contributed by atoms with Crippen LogP contribution in [0.2, 0.25) is 10.0 Å². The molecule has 0 spiro atoms. The van der Waals surface area contributed by atoms with Gasteiger partial charge < -0.3 is 14.5 Å². The predicted octanol–water partition coefficient (Wildman–Crippen LogP) is 4.04. The normalized spacial score (nSPS) is 14.0. The summed E-state index contributed by atoms with van der Waals surface area (Å²) < 4.78 is 18.9. The Labute approximate surface area is 188 Å². The smallest absolute Gasteiger partial charge is 0.260 e. The number of pyridine rings is 1. The largest absolute Gasteiger partial charge is 0.481 e. The first-order valence-electron chi connectivity index (χ1n) is 9.62. The molecule has 1 saturated heterocycles. The highest BCUT2D eigenvalue weighted by Gasteiger charge is 2.26. The van der Waals surface area contributed by atoms with Crippen LogP contribution in [-0.4, -0.2) is 59.4 Å². The van der Waals surface area contributed by atoms with Crippen LogP contribution in [-0.2, 0) is 4.79 Å². The van der Waals surface area contributed by atoms with Gasteiger partial charge in [-0.3, -0.25) is 14.6 Å². The zero-order chi connectivity index (χ0) is 22.0. The second-order valence-electron chi connectivity index (χ2n) is 7.03. The summed E-state index contributed by atoms with van der Waals surface area (Å²) >= 11 is 12.2. The average molecular weight is 462 g/mol. The predicted molar refractivity (Wildman–Crippen MR) is 116 cm³/mol. The topological polar surface area (TPSA) is 62.7 Å². The van der Waals surface area contributed by atoms with Gasteiger partial charge in [0.25, 0.3) is 11.8 Å². The van der Waals surface area contributed by atoms with E-state index < -0.39 is 5.82 Å². The van der Waals surface area contributed by atoms with Gasteiger partial charge in [-0.25, -0.2) is 4.39 Å². The Balaban J connectivity index is 1.35. The van der Waals surface area contributed by atoms with Crippen molar-refractivity contribution in [2.75, 3.05) is 32.8 Å². The molecule has 1 fully saturated rings. The first-order chi connectivity index (χ1) is 14.9. The minimum Gasteiger partial charge on any atom is -0.481 e. The highest BCUT2D eigenvalue weighted by molar-refractivity contribution is 6.35. The molecule has 160 valence electrons. The Morgan fingerprint density at radius 1 is 1.00 bits per heavy atom. The van der Waals surface area contributed by atoms with Crippen LogP contribution in [0.5, 0.6) is 5.75 Å². The Morgan fingerprint density at radius 2 is 1.74 bits per heavy atom. The van der Waals surface area contributed by atoms with E-state index in [9.17, 15) is 14.0 Å². The summed E-state index contributed by atoms with van der Waals surface area (Å²) in [5.41, 5.74) is 0.836. The molecule has 4 rings (SSSR count). The lowest BCUT2D eigenvalue weighted by molar-refractivity contribution is -0.134. The molecule has 0 aliphatic carbocycles. The molecule has 3 aromatic rings. The van der Waals surface area contributed by atoms with Crippen molar-refractivity contribution < 1.29 is 18.7 Å². The molecule has 0 radical (unpaired) electrons. The zero-order valence-electron chi connectivity index (χ0n) is 16.4. The molecule has 0 unspecified atom stereocenters. The monoisotopic (exact) mass is 461 g/mol. The number of amides is 2. The van der Waals surface area contributed by atoms with Crippen molar-refractivity contribution in [3.63, 3.8) is 0 Å². The van der Waals surface area contributed by atoms with Crippen molar-refractivity contribution in [1.82, 2.24) is 14.8 Å². The molecule has 1 aliphatic rings. The van der Waals surface area contributed by atoms with E-state index in [1.807, 2.05) is 6.07 Å². The molecule has 0 bridgehead atoms. The number of benzene rings is 2. The molecule has 6 nitrogen and oxygen atoms in total. The second kappa shape index (κ2) is 9.08. The molecule has 2 amide bonds. The lowest BCUT2D eigenvalue weighted by Crippen LogP contribution is -2.51. The van der Waals surface area contributed by atoms with E-state index in [0.29, 0.717) is 42.5 Å².